The Balaban J connectivity index is 1.29. The monoisotopic (exact) mass is 542 g/mol. The second kappa shape index (κ2) is 13.0. The molecule has 0 atom stereocenters. The highest BCUT2D eigenvalue weighted by atomic mass is 16.5. The van der Waals surface area contributed by atoms with Crippen LogP contribution in [0.4, 0.5) is 0 Å². The van der Waals surface area contributed by atoms with Gasteiger partial charge in [0.1, 0.15) is 17.2 Å². The molecule has 0 amide bonds. The van der Waals surface area contributed by atoms with Gasteiger partial charge in [-0.25, -0.2) is 14.4 Å². The van der Waals surface area contributed by atoms with Crippen molar-refractivity contribution in [3.8, 4) is 17.2 Å². The van der Waals surface area contributed by atoms with Gasteiger partial charge in [-0.05, 0) is 84.6 Å². The predicted molar refractivity (Wildman–Crippen MR) is 154 cm³/mol. The molecule has 6 nitrogen and oxygen atoms in total. The van der Waals surface area contributed by atoms with E-state index < -0.39 is 17.9 Å². The second-order valence-corrected chi connectivity index (χ2v) is 9.22. The minimum atomic E-state index is -0.510. The van der Waals surface area contributed by atoms with E-state index in [1.54, 1.807) is 97.1 Å². The van der Waals surface area contributed by atoms with Gasteiger partial charge in [0.25, 0.3) is 0 Å². The molecule has 0 saturated carbocycles. The molecule has 0 unspecified atom stereocenters. The smallest absolute Gasteiger partial charge is 0.343 e. The fourth-order valence-electron chi connectivity index (χ4n) is 4.13. The summed E-state index contributed by atoms with van der Waals surface area (Å²) in [5.41, 5.74) is 3.13. The molecule has 5 aromatic rings. The fraction of sp³-hybridized carbons (Fsp3) is 0.0571. The number of benzene rings is 5. The van der Waals surface area contributed by atoms with Crippen LogP contribution in [0, 0.1) is 0 Å². The third kappa shape index (κ3) is 7.55. The Labute approximate surface area is 237 Å². The average Bonchev–Trinajstić information content (AvgIpc) is 3.02. The predicted octanol–water partition coefficient (Wildman–Crippen LogP) is 7.13. The van der Waals surface area contributed by atoms with Crippen LogP contribution in [0.2, 0.25) is 0 Å². The Morgan fingerprint density at radius 3 is 1.17 bits per heavy atom. The molecule has 0 aliphatic rings. The molecule has 5 rings (SSSR count). The lowest BCUT2D eigenvalue weighted by Crippen LogP contribution is -2.11. The van der Waals surface area contributed by atoms with Gasteiger partial charge in [-0.3, -0.25) is 0 Å². The van der Waals surface area contributed by atoms with E-state index >= 15 is 0 Å². The zero-order valence-electron chi connectivity index (χ0n) is 22.1. The molecule has 0 aliphatic heterocycles. The van der Waals surface area contributed by atoms with Crippen LogP contribution >= 0.6 is 0 Å². The van der Waals surface area contributed by atoms with E-state index in [4.69, 9.17) is 14.2 Å². The molecule has 6 heteroatoms. The van der Waals surface area contributed by atoms with E-state index in [1.165, 1.54) is 6.07 Å². The third-order valence-electron chi connectivity index (χ3n) is 6.23. The maximum Gasteiger partial charge on any atom is 0.343 e. The Hall–Kier alpha value is -5.49. The van der Waals surface area contributed by atoms with Gasteiger partial charge in [-0.1, -0.05) is 66.7 Å². The van der Waals surface area contributed by atoms with Crippen molar-refractivity contribution in [1.29, 1.82) is 0 Å². The number of aryl methyl sites for hydroxylation is 2. The summed E-state index contributed by atoms with van der Waals surface area (Å²) in [6.45, 7) is 0. The van der Waals surface area contributed by atoms with Gasteiger partial charge in [-0.2, -0.15) is 0 Å². The minimum Gasteiger partial charge on any atom is -0.423 e. The van der Waals surface area contributed by atoms with Crippen LogP contribution in [-0.4, -0.2) is 17.9 Å². The molecule has 0 N–H and O–H groups in total. The van der Waals surface area contributed by atoms with Crippen molar-refractivity contribution < 1.29 is 28.6 Å². The van der Waals surface area contributed by atoms with Crippen molar-refractivity contribution in [2.75, 3.05) is 0 Å². The fourth-order valence-corrected chi connectivity index (χ4v) is 4.13. The van der Waals surface area contributed by atoms with Crippen LogP contribution in [0.25, 0.3) is 0 Å². The van der Waals surface area contributed by atoms with Gasteiger partial charge in [0.05, 0.1) is 16.7 Å². The summed E-state index contributed by atoms with van der Waals surface area (Å²) in [5.74, 6) is -0.441. The maximum atomic E-state index is 12.7. The van der Waals surface area contributed by atoms with E-state index in [-0.39, 0.29) is 11.5 Å². The summed E-state index contributed by atoms with van der Waals surface area (Å²) < 4.78 is 16.7. The standard InChI is InChI=1S/C35H26O6/c36-33(27-10-4-1-5-11-27)39-30-20-18-25(19-21-30)16-17-26-22-31(40-34(37)28-12-6-2-7-13-28)24-32(23-26)41-35(38)29-14-8-3-9-15-29/h1-15,18-24H,16-17H2. The van der Waals surface area contributed by atoms with Crippen LogP contribution in [0.5, 0.6) is 17.2 Å². The number of carbonyl (C=O) groups excluding carboxylic acids is 3. The molecule has 0 aromatic heterocycles. The van der Waals surface area contributed by atoms with E-state index in [2.05, 4.69) is 0 Å². The first-order valence-electron chi connectivity index (χ1n) is 13.1. The van der Waals surface area contributed by atoms with Gasteiger partial charge in [0, 0.05) is 6.07 Å². The van der Waals surface area contributed by atoms with Crippen LogP contribution in [-0.2, 0) is 12.8 Å². The molecule has 41 heavy (non-hydrogen) atoms. The Morgan fingerprint density at radius 2 is 0.756 bits per heavy atom. The van der Waals surface area contributed by atoms with E-state index in [9.17, 15) is 14.4 Å². The highest BCUT2D eigenvalue weighted by molar-refractivity contribution is 5.92. The maximum absolute atomic E-state index is 12.7. The molecule has 0 aliphatic carbocycles. The molecule has 0 saturated heterocycles. The number of rotatable bonds is 9. The van der Waals surface area contributed by atoms with E-state index in [1.807, 2.05) is 30.3 Å². The zero-order chi connectivity index (χ0) is 28.4. The second-order valence-electron chi connectivity index (χ2n) is 9.22. The summed E-state index contributed by atoms with van der Waals surface area (Å²) in [7, 11) is 0. The van der Waals surface area contributed by atoms with Crippen molar-refractivity contribution in [2.24, 2.45) is 0 Å². The van der Waals surface area contributed by atoms with Gasteiger partial charge >= 0.3 is 17.9 Å². The summed E-state index contributed by atoms with van der Waals surface area (Å²) in [6.07, 6.45) is 1.23. The Kier molecular flexibility index (Phi) is 8.62. The van der Waals surface area contributed by atoms with Crippen molar-refractivity contribution in [2.45, 2.75) is 12.8 Å². The first kappa shape index (κ1) is 27.1. The Morgan fingerprint density at radius 1 is 0.390 bits per heavy atom. The molecular weight excluding hydrogens is 516 g/mol. The molecule has 5 aromatic carbocycles. The van der Waals surface area contributed by atoms with Crippen molar-refractivity contribution in [1.82, 2.24) is 0 Å². The summed E-state index contributed by atoms with van der Waals surface area (Å²) in [4.78, 5) is 37.7. The highest BCUT2D eigenvalue weighted by Crippen LogP contribution is 2.26. The summed E-state index contributed by atoms with van der Waals surface area (Å²) >= 11 is 0. The van der Waals surface area contributed by atoms with E-state index in [0.29, 0.717) is 35.3 Å². The SMILES string of the molecule is O=C(Oc1ccc(CCc2cc(OC(=O)c3ccccc3)cc(OC(=O)c3ccccc3)c2)cc1)c1ccccc1. The molecule has 0 heterocycles. The lowest BCUT2D eigenvalue weighted by Gasteiger charge is -2.11. The summed E-state index contributed by atoms with van der Waals surface area (Å²) in [6, 6.07) is 38.5. The number of ether oxygens (including phenoxy) is 3. The largest absolute Gasteiger partial charge is 0.423 e. The number of carbonyl (C=O) groups is 3. The quantitative estimate of drug-likeness (QED) is 0.146. The van der Waals surface area contributed by atoms with Crippen molar-refractivity contribution in [3.63, 3.8) is 0 Å². The molecule has 0 radical (unpaired) electrons. The number of esters is 3. The number of hydrogen-bond acceptors (Lipinski definition) is 6. The summed E-state index contributed by atoms with van der Waals surface area (Å²) in [5, 5.41) is 0. The van der Waals surface area contributed by atoms with Gasteiger partial charge in [0.15, 0.2) is 0 Å². The highest BCUT2D eigenvalue weighted by Gasteiger charge is 2.14. The average molecular weight is 543 g/mol. The number of hydrogen-bond donors (Lipinski definition) is 0. The van der Waals surface area contributed by atoms with Gasteiger partial charge in [0.2, 0.25) is 0 Å². The third-order valence-corrected chi connectivity index (χ3v) is 6.23. The van der Waals surface area contributed by atoms with Crippen LogP contribution < -0.4 is 14.2 Å². The lowest BCUT2D eigenvalue weighted by atomic mass is 10.0. The van der Waals surface area contributed by atoms with Gasteiger partial charge < -0.3 is 14.2 Å². The van der Waals surface area contributed by atoms with Gasteiger partial charge in [-0.15, -0.1) is 0 Å². The van der Waals surface area contributed by atoms with Crippen molar-refractivity contribution in [3.05, 3.63) is 161 Å². The van der Waals surface area contributed by atoms with Crippen LogP contribution in [0.1, 0.15) is 42.2 Å². The minimum absolute atomic E-state index is 0.274. The topological polar surface area (TPSA) is 78.9 Å². The van der Waals surface area contributed by atoms with Crippen LogP contribution in [0.3, 0.4) is 0 Å². The van der Waals surface area contributed by atoms with Crippen LogP contribution in [0.15, 0.2) is 133 Å². The lowest BCUT2D eigenvalue weighted by molar-refractivity contribution is 0.0720. The zero-order valence-corrected chi connectivity index (χ0v) is 22.1. The first-order chi connectivity index (χ1) is 20.0. The normalized spacial score (nSPS) is 10.4. The van der Waals surface area contributed by atoms with Crippen molar-refractivity contribution >= 4 is 17.9 Å². The molecule has 202 valence electrons. The Bertz CT molecular complexity index is 1560. The molecule has 0 fully saturated rings. The van der Waals surface area contributed by atoms with E-state index in [0.717, 1.165) is 11.1 Å². The molecule has 0 spiro atoms. The first-order valence-corrected chi connectivity index (χ1v) is 13.1. The molecule has 0 bridgehead atoms. The molecular formula is C35H26O6.